The zero-order valence-corrected chi connectivity index (χ0v) is 12.0. The summed E-state index contributed by atoms with van der Waals surface area (Å²) in [6.45, 7) is 0.693. The van der Waals surface area contributed by atoms with Crippen molar-refractivity contribution in [2.75, 3.05) is 6.61 Å². The Morgan fingerprint density at radius 2 is 2.15 bits per heavy atom. The SMILES string of the molecule is O=C(CCOc1ccc(Cl)c(Cl)c1)NCc1ccn[nH]1. The van der Waals surface area contributed by atoms with E-state index in [2.05, 4.69) is 15.5 Å². The molecule has 1 amide bonds. The zero-order chi connectivity index (χ0) is 14.4. The molecule has 2 aromatic rings. The highest BCUT2D eigenvalue weighted by molar-refractivity contribution is 6.42. The molecule has 0 aliphatic heterocycles. The van der Waals surface area contributed by atoms with Crippen molar-refractivity contribution in [2.45, 2.75) is 13.0 Å². The van der Waals surface area contributed by atoms with Gasteiger partial charge in [0.15, 0.2) is 0 Å². The first-order valence-corrected chi connectivity index (χ1v) is 6.73. The number of nitrogens with zero attached hydrogens (tertiary/aromatic N) is 1. The highest BCUT2D eigenvalue weighted by Crippen LogP contribution is 2.26. The topological polar surface area (TPSA) is 67.0 Å². The lowest BCUT2D eigenvalue weighted by Crippen LogP contribution is -2.24. The fraction of sp³-hybridized carbons (Fsp3) is 0.231. The van der Waals surface area contributed by atoms with E-state index in [9.17, 15) is 4.79 Å². The number of hydrogen-bond acceptors (Lipinski definition) is 3. The minimum atomic E-state index is -0.0975. The number of benzene rings is 1. The summed E-state index contributed by atoms with van der Waals surface area (Å²) in [5.41, 5.74) is 0.851. The Morgan fingerprint density at radius 1 is 1.30 bits per heavy atom. The zero-order valence-electron chi connectivity index (χ0n) is 10.5. The van der Waals surface area contributed by atoms with E-state index in [4.69, 9.17) is 27.9 Å². The third-order valence-corrected chi connectivity index (χ3v) is 3.26. The van der Waals surface area contributed by atoms with Crippen LogP contribution >= 0.6 is 23.2 Å². The van der Waals surface area contributed by atoms with Crippen molar-refractivity contribution in [3.05, 3.63) is 46.2 Å². The first-order chi connectivity index (χ1) is 9.65. The molecule has 0 aliphatic rings. The van der Waals surface area contributed by atoms with Gasteiger partial charge in [0.05, 0.1) is 35.3 Å². The number of hydrogen-bond donors (Lipinski definition) is 2. The van der Waals surface area contributed by atoms with Crippen molar-refractivity contribution in [1.82, 2.24) is 15.5 Å². The van der Waals surface area contributed by atoms with Crippen LogP contribution in [0.25, 0.3) is 0 Å². The van der Waals surface area contributed by atoms with Crippen molar-refractivity contribution in [3.8, 4) is 5.75 Å². The monoisotopic (exact) mass is 313 g/mol. The summed E-state index contributed by atoms with van der Waals surface area (Å²) in [5, 5.41) is 10.2. The van der Waals surface area contributed by atoms with Gasteiger partial charge in [-0.2, -0.15) is 5.10 Å². The van der Waals surface area contributed by atoms with Gasteiger partial charge in [-0.25, -0.2) is 0 Å². The summed E-state index contributed by atoms with van der Waals surface area (Å²) < 4.78 is 5.43. The van der Waals surface area contributed by atoms with Gasteiger partial charge in [0.1, 0.15) is 5.75 Å². The normalized spacial score (nSPS) is 10.3. The minimum Gasteiger partial charge on any atom is -0.493 e. The van der Waals surface area contributed by atoms with E-state index < -0.39 is 0 Å². The second kappa shape index (κ2) is 7.17. The van der Waals surface area contributed by atoms with Crippen LogP contribution in [-0.2, 0) is 11.3 Å². The number of H-pyrrole nitrogens is 1. The van der Waals surface area contributed by atoms with Gasteiger partial charge < -0.3 is 10.1 Å². The van der Waals surface area contributed by atoms with Crippen molar-refractivity contribution < 1.29 is 9.53 Å². The van der Waals surface area contributed by atoms with Crippen LogP contribution in [0.15, 0.2) is 30.5 Å². The molecule has 5 nitrogen and oxygen atoms in total. The van der Waals surface area contributed by atoms with E-state index in [-0.39, 0.29) is 18.9 Å². The van der Waals surface area contributed by atoms with Gasteiger partial charge in [-0.1, -0.05) is 23.2 Å². The summed E-state index contributed by atoms with van der Waals surface area (Å²) in [6.07, 6.45) is 1.89. The largest absolute Gasteiger partial charge is 0.493 e. The third-order valence-electron chi connectivity index (χ3n) is 2.52. The summed E-state index contributed by atoms with van der Waals surface area (Å²) in [6, 6.07) is 6.77. The van der Waals surface area contributed by atoms with E-state index in [0.29, 0.717) is 22.3 Å². The number of halogens is 2. The Labute approximate surface area is 126 Å². The average molecular weight is 314 g/mol. The molecule has 0 radical (unpaired) electrons. The lowest BCUT2D eigenvalue weighted by molar-refractivity contribution is -0.121. The molecule has 7 heteroatoms. The molecule has 1 aromatic heterocycles. The van der Waals surface area contributed by atoms with Gasteiger partial charge in [-0.3, -0.25) is 9.89 Å². The molecule has 0 unspecified atom stereocenters. The molecule has 0 saturated heterocycles. The van der Waals surface area contributed by atoms with Gasteiger partial charge >= 0.3 is 0 Å². The van der Waals surface area contributed by atoms with Crippen LogP contribution in [0.4, 0.5) is 0 Å². The predicted octanol–water partition coefficient (Wildman–Crippen LogP) is 2.80. The lowest BCUT2D eigenvalue weighted by Gasteiger charge is -2.07. The van der Waals surface area contributed by atoms with Gasteiger partial charge in [-0.05, 0) is 18.2 Å². The van der Waals surface area contributed by atoms with Crippen molar-refractivity contribution >= 4 is 29.1 Å². The number of carbonyl (C=O) groups excluding carboxylic acids is 1. The van der Waals surface area contributed by atoms with Crippen LogP contribution in [0.5, 0.6) is 5.75 Å². The maximum atomic E-state index is 11.6. The van der Waals surface area contributed by atoms with E-state index in [1.807, 2.05) is 0 Å². The Hall–Kier alpha value is -1.72. The van der Waals surface area contributed by atoms with E-state index in [1.54, 1.807) is 30.5 Å². The summed E-state index contributed by atoms with van der Waals surface area (Å²) in [5.74, 6) is 0.487. The molecule has 0 aliphatic carbocycles. The fourth-order valence-corrected chi connectivity index (χ4v) is 1.78. The van der Waals surface area contributed by atoms with Crippen molar-refractivity contribution in [1.29, 1.82) is 0 Å². The maximum Gasteiger partial charge on any atom is 0.223 e. The second-order valence-electron chi connectivity index (χ2n) is 4.03. The molecule has 2 N–H and O–H groups in total. The van der Waals surface area contributed by atoms with Crippen molar-refractivity contribution in [3.63, 3.8) is 0 Å². The first kappa shape index (κ1) is 14.7. The maximum absolute atomic E-state index is 11.6. The smallest absolute Gasteiger partial charge is 0.223 e. The molecule has 0 atom stereocenters. The van der Waals surface area contributed by atoms with Gasteiger partial charge in [0.2, 0.25) is 5.91 Å². The predicted molar refractivity (Wildman–Crippen MR) is 77.0 cm³/mol. The second-order valence-corrected chi connectivity index (χ2v) is 4.85. The Kier molecular flexibility index (Phi) is 5.26. The van der Waals surface area contributed by atoms with E-state index >= 15 is 0 Å². The van der Waals surface area contributed by atoms with Crippen molar-refractivity contribution in [2.24, 2.45) is 0 Å². The Balaban J connectivity index is 1.69. The van der Waals surface area contributed by atoms with Crippen LogP contribution in [0.2, 0.25) is 10.0 Å². The number of carbonyl (C=O) groups is 1. The fourth-order valence-electron chi connectivity index (χ4n) is 1.49. The van der Waals surface area contributed by atoms with Crippen LogP contribution in [0, 0.1) is 0 Å². The first-order valence-electron chi connectivity index (χ1n) is 5.98. The van der Waals surface area contributed by atoms with E-state index in [1.165, 1.54) is 0 Å². The Morgan fingerprint density at radius 3 is 2.85 bits per heavy atom. The molecule has 20 heavy (non-hydrogen) atoms. The molecule has 106 valence electrons. The van der Waals surface area contributed by atoms with Gasteiger partial charge in [0, 0.05) is 12.3 Å². The molecule has 0 bridgehead atoms. The van der Waals surface area contributed by atoms with E-state index in [0.717, 1.165) is 5.69 Å². The highest BCUT2D eigenvalue weighted by Gasteiger charge is 2.04. The standard InChI is InChI=1S/C13H13Cl2N3O2/c14-11-2-1-10(7-12(11)15)20-6-4-13(19)16-8-9-3-5-17-18-9/h1-3,5,7H,4,6,8H2,(H,16,19)(H,17,18). The Bertz CT molecular complexity index is 573. The lowest BCUT2D eigenvalue weighted by atomic mass is 10.3. The van der Waals surface area contributed by atoms with Crippen LogP contribution in [0.1, 0.15) is 12.1 Å². The van der Waals surface area contributed by atoms with Gasteiger partial charge in [0.25, 0.3) is 0 Å². The number of aromatic nitrogens is 2. The number of amides is 1. The molecule has 0 saturated carbocycles. The number of rotatable bonds is 6. The average Bonchev–Trinajstić information content (AvgIpc) is 2.94. The van der Waals surface area contributed by atoms with Gasteiger partial charge in [-0.15, -0.1) is 0 Å². The number of ether oxygens (including phenoxy) is 1. The molecular formula is C13H13Cl2N3O2. The summed E-state index contributed by atoms with van der Waals surface area (Å²) in [7, 11) is 0. The summed E-state index contributed by atoms with van der Waals surface area (Å²) >= 11 is 11.7. The quantitative estimate of drug-likeness (QED) is 0.861. The van der Waals surface area contributed by atoms with Crippen LogP contribution in [0.3, 0.4) is 0 Å². The minimum absolute atomic E-state index is 0.0975. The van der Waals surface area contributed by atoms with Crippen LogP contribution in [-0.4, -0.2) is 22.7 Å². The highest BCUT2D eigenvalue weighted by atomic mass is 35.5. The number of aromatic amines is 1. The molecule has 2 rings (SSSR count). The summed E-state index contributed by atoms with van der Waals surface area (Å²) in [4.78, 5) is 11.6. The molecule has 1 aromatic carbocycles. The molecular weight excluding hydrogens is 301 g/mol. The molecule has 0 spiro atoms. The third kappa shape index (κ3) is 4.43. The number of nitrogens with one attached hydrogen (secondary N) is 2. The van der Waals surface area contributed by atoms with Crippen LogP contribution < -0.4 is 10.1 Å². The molecule has 1 heterocycles. The molecule has 0 fully saturated rings.